The minimum Gasteiger partial charge on any atom is -0.368 e. The van der Waals surface area contributed by atoms with Crippen molar-refractivity contribution in [3.05, 3.63) is 52.9 Å². The molecule has 1 amide bonds. The molecule has 0 saturated carbocycles. The molecule has 0 aliphatic carbocycles. The maximum Gasteiger partial charge on any atom is 0.239 e. The molecule has 1 aromatic heterocycles. The Bertz CT molecular complexity index is 751. The van der Waals surface area contributed by atoms with Gasteiger partial charge in [0, 0.05) is 38.2 Å². The van der Waals surface area contributed by atoms with Crippen molar-refractivity contribution in [3.63, 3.8) is 0 Å². The number of hydrogen-bond acceptors (Lipinski definition) is 3. The minimum absolute atomic E-state index is 0.325. The maximum atomic E-state index is 13.2. The summed E-state index contributed by atoms with van der Waals surface area (Å²) in [5.41, 5.74) is 8.58. The predicted octanol–water partition coefficient (Wildman–Crippen LogP) is 2.27. The molecular weight excluding hydrogens is 307 g/mol. The van der Waals surface area contributed by atoms with Crippen LogP contribution in [0.5, 0.6) is 0 Å². The van der Waals surface area contributed by atoms with Gasteiger partial charge in [0.25, 0.3) is 0 Å². The molecule has 2 aromatic rings. The number of imidazole rings is 1. The van der Waals surface area contributed by atoms with E-state index < -0.39 is 11.9 Å². The van der Waals surface area contributed by atoms with Crippen LogP contribution in [0, 0.1) is 5.82 Å². The van der Waals surface area contributed by atoms with Gasteiger partial charge in [-0.15, -0.1) is 0 Å². The first-order chi connectivity index (χ1) is 11.4. The fraction of sp³-hybridized carbons (Fsp3) is 0.444. The van der Waals surface area contributed by atoms with Gasteiger partial charge >= 0.3 is 0 Å². The van der Waals surface area contributed by atoms with Gasteiger partial charge in [-0.2, -0.15) is 0 Å². The molecule has 0 fully saturated rings. The van der Waals surface area contributed by atoms with Gasteiger partial charge in [0.1, 0.15) is 17.7 Å². The second kappa shape index (κ2) is 6.36. The van der Waals surface area contributed by atoms with E-state index in [-0.39, 0.29) is 5.82 Å². The molecular formula is C18H23FN4O. The highest BCUT2D eigenvalue weighted by molar-refractivity contribution is 5.81. The van der Waals surface area contributed by atoms with Gasteiger partial charge in [-0.25, -0.2) is 9.37 Å². The van der Waals surface area contributed by atoms with E-state index in [2.05, 4.69) is 18.4 Å². The van der Waals surface area contributed by atoms with E-state index in [4.69, 9.17) is 10.7 Å². The summed E-state index contributed by atoms with van der Waals surface area (Å²) < 4.78 is 15.3. The highest BCUT2D eigenvalue weighted by Gasteiger charge is 2.31. The Morgan fingerprint density at radius 3 is 2.54 bits per heavy atom. The van der Waals surface area contributed by atoms with Crippen molar-refractivity contribution in [3.8, 4) is 0 Å². The van der Waals surface area contributed by atoms with Crippen LogP contribution in [-0.4, -0.2) is 26.9 Å². The van der Waals surface area contributed by atoms with Crippen LogP contribution in [0.3, 0.4) is 0 Å². The number of hydrogen-bond donors (Lipinski definition) is 1. The molecule has 128 valence electrons. The number of halogens is 1. The summed E-state index contributed by atoms with van der Waals surface area (Å²) >= 11 is 0. The van der Waals surface area contributed by atoms with E-state index in [9.17, 15) is 9.18 Å². The molecule has 0 spiro atoms. The van der Waals surface area contributed by atoms with E-state index >= 15 is 0 Å². The number of nitrogens with zero attached hydrogens (tertiary/aromatic N) is 3. The first kappa shape index (κ1) is 16.6. The molecule has 24 heavy (non-hydrogen) atoms. The van der Waals surface area contributed by atoms with E-state index in [1.807, 2.05) is 11.9 Å². The Morgan fingerprint density at radius 1 is 1.29 bits per heavy atom. The Kier molecular flexibility index (Phi) is 4.41. The SMILES string of the molecule is CC(C)c1nc2c(n1C)CCN([C@@H](C(N)=O)c1ccc(F)cc1)C2. The number of amides is 1. The third kappa shape index (κ3) is 2.94. The number of rotatable bonds is 4. The first-order valence-electron chi connectivity index (χ1n) is 8.21. The summed E-state index contributed by atoms with van der Waals surface area (Å²) in [5.74, 6) is 0.650. The van der Waals surface area contributed by atoms with Crippen molar-refractivity contribution in [2.75, 3.05) is 6.54 Å². The molecule has 0 unspecified atom stereocenters. The van der Waals surface area contributed by atoms with Gasteiger partial charge in [-0.3, -0.25) is 9.69 Å². The smallest absolute Gasteiger partial charge is 0.239 e. The topological polar surface area (TPSA) is 64.2 Å². The average Bonchev–Trinajstić information content (AvgIpc) is 2.86. The zero-order valence-electron chi connectivity index (χ0n) is 14.3. The van der Waals surface area contributed by atoms with Gasteiger partial charge in [0.2, 0.25) is 5.91 Å². The van der Waals surface area contributed by atoms with Gasteiger partial charge in [0.05, 0.1) is 5.69 Å². The summed E-state index contributed by atoms with van der Waals surface area (Å²) in [6.45, 7) is 5.53. The van der Waals surface area contributed by atoms with E-state index in [0.717, 1.165) is 24.5 Å². The Balaban J connectivity index is 1.91. The van der Waals surface area contributed by atoms with Crippen LogP contribution in [0.4, 0.5) is 4.39 Å². The van der Waals surface area contributed by atoms with Crippen molar-refractivity contribution in [1.29, 1.82) is 0 Å². The van der Waals surface area contributed by atoms with Crippen LogP contribution in [-0.2, 0) is 24.8 Å². The van der Waals surface area contributed by atoms with Crippen LogP contribution < -0.4 is 5.73 Å². The summed E-state index contributed by atoms with van der Waals surface area (Å²) in [7, 11) is 2.04. The third-order valence-electron chi connectivity index (χ3n) is 4.66. The van der Waals surface area contributed by atoms with Crippen molar-refractivity contribution < 1.29 is 9.18 Å². The normalized spacial score (nSPS) is 16.2. The highest BCUT2D eigenvalue weighted by atomic mass is 19.1. The second-order valence-electron chi connectivity index (χ2n) is 6.65. The largest absolute Gasteiger partial charge is 0.368 e. The lowest BCUT2D eigenvalue weighted by molar-refractivity contribution is -0.123. The van der Waals surface area contributed by atoms with E-state index in [1.165, 1.54) is 17.8 Å². The van der Waals surface area contributed by atoms with Crippen LogP contribution in [0.1, 0.15) is 48.6 Å². The molecule has 0 bridgehead atoms. The van der Waals surface area contributed by atoms with Crippen LogP contribution in [0.15, 0.2) is 24.3 Å². The number of carbonyl (C=O) groups is 1. The van der Waals surface area contributed by atoms with Crippen LogP contribution in [0.25, 0.3) is 0 Å². The Hall–Kier alpha value is -2.21. The Labute approximate surface area is 141 Å². The molecule has 5 nitrogen and oxygen atoms in total. The standard InChI is InChI=1S/C18H23FN4O/c1-11(2)18-21-14-10-23(9-8-15(14)22(18)3)16(17(20)24)12-4-6-13(19)7-5-12/h4-7,11,16H,8-10H2,1-3H3,(H2,20,24)/t16-/m1/s1. The minimum atomic E-state index is -0.566. The zero-order valence-corrected chi connectivity index (χ0v) is 14.3. The van der Waals surface area contributed by atoms with Gasteiger partial charge in [0.15, 0.2) is 0 Å². The molecule has 1 aliphatic rings. The van der Waals surface area contributed by atoms with Gasteiger partial charge < -0.3 is 10.3 Å². The fourth-order valence-electron chi connectivity index (χ4n) is 3.51. The summed E-state index contributed by atoms with van der Waals surface area (Å²) in [4.78, 5) is 18.8. The van der Waals surface area contributed by atoms with Crippen molar-refractivity contribution in [2.45, 2.75) is 38.8 Å². The molecule has 0 radical (unpaired) electrons. The molecule has 2 heterocycles. The molecule has 1 atom stereocenters. The van der Waals surface area contributed by atoms with E-state index in [1.54, 1.807) is 12.1 Å². The lowest BCUT2D eigenvalue weighted by Gasteiger charge is -2.32. The Morgan fingerprint density at radius 2 is 1.96 bits per heavy atom. The molecule has 1 aromatic carbocycles. The monoisotopic (exact) mass is 330 g/mol. The quantitative estimate of drug-likeness (QED) is 0.935. The fourth-order valence-corrected chi connectivity index (χ4v) is 3.51. The highest BCUT2D eigenvalue weighted by Crippen LogP contribution is 2.29. The predicted molar refractivity (Wildman–Crippen MR) is 89.7 cm³/mol. The number of nitrogens with two attached hydrogens (primary N) is 1. The van der Waals surface area contributed by atoms with Crippen LogP contribution >= 0.6 is 0 Å². The molecule has 1 aliphatic heterocycles. The second-order valence-corrected chi connectivity index (χ2v) is 6.65. The lowest BCUT2D eigenvalue weighted by atomic mass is 10.0. The van der Waals surface area contributed by atoms with Gasteiger partial charge in [-0.05, 0) is 17.7 Å². The van der Waals surface area contributed by atoms with Gasteiger partial charge in [-0.1, -0.05) is 26.0 Å². The zero-order chi connectivity index (χ0) is 17.4. The number of aromatic nitrogens is 2. The van der Waals surface area contributed by atoms with Crippen molar-refractivity contribution in [2.24, 2.45) is 12.8 Å². The first-order valence-corrected chi connectivity index (χ1v) is 8.21. The molecule has 6 heteroatoms. The lowest BCUT2D eigenvalue weighted by Crippen LogP contribution is -2.41. The number of fused-ring (bicyclic) bond motifs is 1. The third-order valence-corrected chi connectivity index (χ3v) is 4.66. The summed E-state index contributed by atoms with van der Waals surface area (Å²) in [6.07, 6.45) is 0.816. The average molecular weight is 330 g/mol. The maximum absolute atomic E-state index is 13.2. The number of primary amides is 1. The van der Waals surface area contributed by atoms with Crippen molar-refractivity contribution >= 4 is 5.91 Å². The number of carbonyl (C=O) groups excluding carboxylic acids is 1. The summed E-state index contributed by atoms with van der Waals surface area (Å²) in [6, 6.07) is 5.40. The number of benzene rings is 1. The molecule has 0 saturated heterocycles. The molecule has 2 N–H and O–H groups in total. The summed E-state index contributed by atoms with van der Waals surface area (Å²) in [5, 5.41) is 0. The van der Waals surface area contributed by atoms with Crippen molar-refractivity contribution in [1.82, 2.24) is 14.5 Å². The van der Waals surface area contributed by atoms with Crippen LogP contribution in [0.2, 0.25) is 0 Å². The molecule has 3 rings (SSSR count). The van der Waals surface area contributed by atoms with E-state index in [0.29, 0.717) is 18.0 Å².